The number of nitrogens with zero attached hydrogens (tertiary/aromatic N) is 1. The number of carbonyl (C=O) groups is 1. The number of anilines is 1. The molecule has 0 saturated carbocycles. The first-order valence-electron chi connectivity index (χ1n) is 6.18. The molecule has 1 heterocycles. The fourth-order valence-electron chi connectivity index (χ4n) is 1.81. The molecule has 4 nitrogen and oxygen atoms in total. The summed E-state index contributed by atoms with van der Waals surface area (Å²) >= 11 is 0. The summed E-state index contributed by atoms with van der Waals surface area (Å²) in [6.45, 7) is 2.46. The van der Waals surface area contributed by atoms with Crippen LogP contribution in [-0.4, -0.2) is 10.9 Å². The lowest BCUT2D eigenvalue weighted by Gasteiger charge is -2.05. The number of benzene rings is 1. The van der Waals surface area contributed by atoms with Gasteiger partial charge in [-0.2, -0.15) is 0 Å². The van der Waals surface area contributed by atoms with Crippen LogP contribution in [0.3, 0.4) is 0 Å². The molecule has 0 aliphatic carbocycles. The predicted octanol–water partition coefficient (Wildman–Crippen LogP) is 2.03. The third kappa shape index (κ3) is 3.89. The third-order valence-electron chi connectivity index (χ3n) is 2.78. The highest BCUT2D eigenvalue weighted by Crippen LogP contribution is 2.08. The van der Waals surface area contributed by atoms with Crippen LogP contribution in [0.2, 0.25) is 0 Å². The lowest BCUT2D eigenvalue weighted by atomic mass is 10.1. The van der Waals surface area contributed by atoms with E-state index in [0.717, 1.165) is 16.7 Å². The largest absolute Gasteiger partial charge is 0.326 e. The molecule has 0 unspecified atom stereocenters. The number of aromatic nitrogens is 1. The Hall–Kier alpha value is -2.20. The van der Waals surface area contributed by atoms with Crippen LogP contribution in [0.5, 0.6) is 0 Å². The van der Waals surface area contributed by atoms with Crippen molar-refractivity contribution in [3.05, 3.63) is 59.3 Å². The first-order valence-corrected chi connectivity index (χ1v) is 6.18. The van der Waals surface area contributed by atoms with Crippen molar-refractivity contribution >= 4 is 11.7 Å². The van der Waals surface area contributed by atoms with E-state index in [1.807, 2.05) is 37.3 Å². The molecule has 0 spiro atoms. The van der Waals surface area contributed by atoms with Crippen molar-refractivity contribution in [3.8, 4) is 0 Å². The smallest absolute Gasteiger partial charge is 0.229 e. The Bertz CT molecular complexity index is 564. The predicted molar refractivity (Wildman–Crippen MR) is 75.6 cm³/mol. The molecule has 3 N–H and O–H groups in total. The fraction of sp³-hybridized carbons (Fsp3) is 0.200. The topological polar surface area (TPSA) is 68.0 Å². The first kappa shape index (κ1) is 13.2. The Balaban J connectivity index is 1.97. The molecular weight excluding hydrogens is 238 g/mol. The van der Waals surface area contributed by atoms with Crippen molar-refractivity contribution in [1.82, 2.24) is 4.98 Å². The van der Waals surface area contributed by atoms with Crippen LogP contribution in [0.4, 0.5) is 5.82 Å². The molecule has 98 valence electrons. The molecule has 0 atom stereocenters. The number of hydrogen-bond donors (Lipinski definition) is 2. The van der Waals surface area contributed by atoms with Crippen molar-refractivity contribution < 1.29 is 4.79 Å². The minimum absolute atomic E-state index is 0.0707. The summed E-state index contributed by atoms with van der Waals surface area (Å²) in [4.78, 5) is 16.0. The van der Waals surface area contributed by atoms with E-state index in [9.17, 15) is 4.79 Å². The van der Waals surface area contributed by atoms with E-state index in [0.29, 0.717) is 18.8 Å². The van der Waals surface area contributed by atoms with E-state index in [-0.39, 0.29) is 5.91 Å². The lowest BCUT2D eigenvalue weighted by Crippen LogP contribution is -2.15. The van der Waals surface area contributed by atoms with Crippen molar-refractivity contribution in [2.45, 2.75) is 19.9 Å². The number of rotatable bonds is 4. The Morgan fingerprint density at radius 3 is 2.74 bits per heavy atom. The van der Waals surface area contributed by atoms with Crippen LogP contribution in [0.25, 0.3) is 0 Å². The summed E-state index contributed by atoms with van der Waals surface area (Å²) in [7, 11) is 0. The Labute approximate surface area is 112 Å². The van der Waals surface area contributed by atoms with Crippen LogP contribution in [0, 0.1) is 6.92 Å². The number of hydrogen-bond acceptors (Lipinski definition) is 3. The van der Waals surface area contributed by atoms with E-state index in [1.165, 1.54) is 0 Å². The quantitative estimate of drug-likeness (QED) is 0.878. The zero-order chi connectivity index (χ0) is 13.7. The summed E-state index contributed by atoms with van der Waals surface area (Å²) in [5.74, 6) is 0.480. The van der Waals surface area contributed by atoms with E-state index in [4.69, 9.17) is 5.73 Å². The SMILES string of the molecule is Cc1cccc(CC(=O)Nc2ccc(CN)cn2)c1. The summed E-state index contributed by atoms with van der Waals surface area (Å²) in [6, 6.07) is 11.5. The minimum Gasteiger partial charge on any atom is -0.326 e. The minimum atomic E-state index is -0.0707. The second-order valence-electron chi connectivity index (χ2n) is 4.47. The van der Waals surface area contributed by atoms with E-state index < -0.39 is 0 Å². The van der Waals surface area contributed by atoms with E-state index in [1.54, 1.807) is 12.3 Å². The summed E-state index contributed by atoms with van der Waals surface area (Å²) < 4.78 is 0. The highest BCUT2D eigenvalue weighted by molar-refractivity contribution is 5.91. The summed E-state index contributed by atoms with van der Waals surface area (Å²) in [5.41, 5.74) is 8.58. The molecular formula is C15H17N3O. The second kappa shape index (κ2) is 6.11. The highest BCUT2D eigenvalue weighted by Gasteiger charge is 2.05. The normalized spacial score (nSPS) is 10.2. The summed E-state index contributed by atoms with van der Waals surface area (Å²) in [5, 5.41) is 2.77. The van der Waals surface area contributed by atoms with Gasteiger partial charge in [0.05, 0.1) is 6.42 Å². The molecule has 0 radical (unpaired) electrons. The Morgan fingerprint density at radius 2 is 2.11 bits per heavy atom. The van der Waals surface area contributed by atoms with Gasteiger partial charge in [0.15, 0.2) is 0 Å². The van der Waals surface area contributed by atoms with E-state index in [2.05, 4.69) is 10.3 Å². The number of pyridine rings is 1. The van der Waals surface area contributed by atoms with E-state index >= 15 is 0 Å². The van der Waals surface area contributed by atoms with Crippen molar-refractivity contribution in [3.63, 3.8) is 0 Å². The molecule has 2 rings (SSSR count). The van der Waals surface area contributed by atoms with Gasteiger partial charge >= 0.3 is 0 Å². The van der Waals surface area contributed by atoms with Crippen molar-refractivity contribution in [2.24, 2.45) is 5.73 Å². The van der Waals surface area contributed by atoms with Crippen LogP contribution < -0.4 is 11.1 Å². The average Bonchev–Trinajstić information content (AvgIpc) is 2.39. The lowest BCUT2D eigenvalue weighted by molar-refractivity contribution is -0.115. The number of nitrogens with one attached hydrogen (secondary N) is 1. The third-order valence-corrected chi connectivity index (χ3v) is 2.78. The molecule has 1 aromatic carbocycles. The molecule has 0 saturated heterocycles. The van der Waals surface area contributed by atoms with Gasteiger partial charge in [-0.1, -0.05) is 35.9 Å². The van der Waals surface area contributed by atoms with Gasteiger partial charge in [-0.25, -0.2) is 4.98 Å². The second-order valence-corrected chi connectivity index (χ2v) is 4.47. The number of amides is 1. The molecule has 0 aliphatic heterocycles. The molecule has 0 aliphatic rings. The van der Waals surface area contributed by atoms with Gasteiger partial charge in [-0.3, -0.25) is 4.79 Å². The average molecular weight is 255 g/mol. The van der Waals surface area contributed by atoms with Gasteiger partial charge in [0, 0.05) is 12.7 Å². The van der Waals surface area contributed by atoms with Gasteiger partial charge < -0.3 is 11.1 Å². The molecule has 1 amide bonds. The van der Waals surface area contributed by atoms with Gasteiger partial charge in [-0.15, -0.1) is 0 Å². The molecule has 19 heavy (non-hydrogen) atoms. The van der Waals surface area contributed by atoms with Crippen LogP contribution in [-0.2, 0) is 17.8 Å². The van der Waals surface area contributed by atoms with Crippen molar-refractivity contribution in [2.75, 3.05) is 5.32 Å². The Morgan fingerprint density at radius 1 is 1.26 bits per heavy atom. The Kier molecular flexibility index (Phi) is 4.26. The highest BCUT2D eigenvalue weighted by atomic mass is 16.1. The van der Waals surface area contributed by atoms with Crippen LogP contribution in [0.1, 0.15) is 16.7 Å². The summed E-state index contributed by atoms with van der Waals surface area (Å²) in [6.07, 6.45) is 2.02. The molecule has 1 aromatic heterocycles. The van der Waals surface area contributed by atoms with Crippen LogP contribution >= 0.6 is 0 Å². The zero-order valence-corrected chi connectivity index (χ0v) is 10.9. The zero-order valence-electron chi connectivity index (χ0n) is 10.9. The van der Waals surface area contributed by atoms with Gasteiger partial charge in [0.2, 0.25) is 5.91 Å². The number of carbonyl (C=O) groups excluding carboxylic acids is 1. The molecule has 4 heteroatoms. The number of aryl methyl sites for hydroxylation is 1. The fourth-order valence-corrected chi connectivity index (χ4v) is 1.81. The maximum atomic E-state index is 11.9. The standard InChI is InChI=1S/C15H17N3O/c1-11-3-2-4-12(7-11)8-15(19)18-14-6-5-13(9-16)10-17-14/h2-7,10H,8-9,16H2,1H3,(H,17,18,19). The van der Waals surface area contributed by atoms with Gasteiger partial charge in [0.1, 0.15) is 5.82 Å². The van der Waals surface area contributed by atoms with Crippen molar-refractivity contribution in [1.29, 1.82) is 0 Å². The van der Waals surface area contributed by atoms with Gasteiger partial charge in [0.25, 0.3) is 0 Å². The molecule has 0 bridgehead atoms. The number of nitrogens with two attached hydrogens (primary N) is 1. The molecule has 0 fully saturated rings. The van der Waals surface area contributed by atoms with Gasteiger partial charge in [-0.05, 0) is 24.1 Å². The first-order chi connectivity index (χ1) is 9.17. The maximum absolute atomic E-state index is 11.9. The maximum Gasteiger partial charge on any atom is 0.229 e. The molecule has 2 aromatic rings. The van der Waals surface area contributed by atoms with Crippen LogP contribution in [0.15, 0.2) is 42.6 Å². The monoisotopic (exact) mass is 255 g/mol.